The van der Waals surface area contributed by atoms with Gasteiger partial charge >= 0.3 is 0 Å². The molecule has 0 unspecified atom stereocenters. The highest BCUT2D eigenvalue weighted by molar-refractivity contribution is 9.10. The van der Waals surface area contributed by atoms with E-state index in [-0.39, 0.29) is 0 Å². The Balaban J connectivity index is 0.000000235. The highest BCUT2D eigenvalue weighted by Crippen LogP contribution is 2.37. The van der Waals surface area contributed by atoms with Gasteiger partial charge in [-0.25, -0.2) is 0 Å². The average molecular weight is 353 g/mol. The predicted octanol–water partition coefficient (Wildman–Crippen LogP) is 4.78. The molecule has 0 heterocycles. The van der Waals surface area contributed by atoms with E-state index in [4.69, 9.17) is 14.2 Å². The summed E-state index contributed by atoms with van der Waals surface area (Å²) >= 11 is 3.35. The normalized spacial score (nSPS) is 9.43. The molecule has 0 aliphatic rings. The molecule has 3 nitrogen and oxygen atoms in total. The molecule has 0 spiro atoms. The summed E-state index contributed by atoms with van der Waals surface area (Å²) in [5.41, 5.74) is 2.38. The number of hydrogen-bond acceptors (Lipinski definition) is 3. The molecule has 4 heteroatoms. The van der Waals surface area contributed by atoms with E-state index in [2.05, 4.69) is 35.0 Å². The smallest absolute Gasteiger partial charge is 0.203 e. The summed E-state index contributed by atoms with van der Waals surface area (Å²) in [5, 5.41) is 0. The molecule has 0 aliphatic heterocycles. The Labute approximate surface area is 135 Å². The molecule has 0 atom stereocenters. The highest BCUT2D eigenvalue weighted by atomic mass is 79.9. The maximum atomic E-state index is 5.16. The molecule has 0 radical (unpaired) electrons. The molecule has 2 aromatic rings. The van der Waals surface area contributed by atoms with Gasteiger partial charge in [0.1, 0.15) is 0 Å². The lowest BCUT2D eigenvalue weighted by Gasteiger charge is -2.12. The minimum absolute atomic E-state index is 0.635. The Kier molecular flexibility index (Phi) is 7.09. The third kappa shape index (κ3) is 5.31. The first-order valence-electron chi connectivity index (χ1n) is 6.50. The van der Waals surface area contributed by atoms with Gasteiger partial charge in [0, 0.05) is 4.47 Å². The van der Waals surface area contributed by atoms with Gasteiger partial charge in [-0.05, 0) is 43.7 Å². The van der Waals surface area contributed by atoms with Crippen molar-refractivity contribution in [3.05, 3.63) is 52.0 Å². The van der Waals surface area contributed by atoms with E-state index in [1.165, 1.54) is 5.56 Å². The predicted molar refractivity (Wildman–Crippen MR) is 89.7 cm³/mol. The van der Waals surface area contributed by atoms with Crippen LogP contribution in [0.5, 0.6) is 17.2 Å². The van der Waals surface area contributed by atoms with E-state index in [9.17, 15) is 0 Å². The lowest BCUT2D eigenvalue weighted by Crippen LogP contribution is -1.95. The van der Waals surface area contributed by atoms with E-state index in [1.54, 1.807) is 21.3 Å². The lowest BCUT2D eigenvalue weighted by molar-refractivity contribution is 0.324. The summed E-state index contributed by atoms with van der Waals surface area (Å²) in [6, 6.07) is 12.0. The number of methoxy groups -OCH3 is 3. The molecule has 0 saturated heterocycles. The van der Waals surface area contributed by atoms with Crippen molar-refractivity contribution in [3.63, 3.8) is 0 Å². The molecule has 0 N–H and O–H groups in total. The maximum absolute atomic E-state index is 5.16. The van der Waals surface area contributed by atoms with E-state index >= 15 is 0 Å². The third-order valence-corrected chi connectivity index (χ3v) is 3.35. The summed E-state index contributed by atoms with van der Waals surface area (Å²) in [6.07, 6.45) is 0. The zero-order valence-corrected chi connectivity index (χ0v) is 14.7. The van der Waals surface area contributed by atoms with Crippen LogP contribution < -0.4 is 14.2 Å². The fraction of sp³-hybridized carbons (Fsp3) is 0.294. The minimum atomic E-state index is 0.635. The van der Waals surface area contributed by atoms with Crippen LogP contribution in [0, 0.1) is 13.8 Å². The standard InChI is InChI=1S/C10H14O3.C7H7Br/c1-7-5-8(11-2)10(13-4)9(6-7)12-3;1-6-2-4-7(8)5-3-6/h5-6H,1-4H3;2-5H,1H3. The van der Waals surface area contributed by atoms with Crippen molar-refractivity contribution < 1.29 is 14.2 Å². The van der Waals surface area contributed by atoms with Crippen molar-refractivity contribution in [2.75, 3.05) is 21.3 Å². The van der Waals surface area contributed by atoms with Crippen molar-refractivity contribution >= 4 is 15.9 Å². The van der Waals surface area contributed by atoms with E-state index in [1.807, 2.05) is 31.2 Å². The van der Waals surface area contributed by atoms with Crippen molar-refractivity contribution in [2.24, 2.45) is 0 Å². The van der Waals surface area contributed by atoms with Gasteiger partial charge in [-0.2, -0.15) is 0 Å². The molecule has 0 saturated carbocycles. The fourth-order valence-corrected chi connectivity index (χ4v) is 2.01. The van der Waals surface area contributed by atoms with Gasteiger partial charge in [-0.3, -0.25) is 0 Å². The lowest BCUT2D eigenvalue weighted by atomic mass is 10.2. The third-order valence-electron chi connectivity index (χ3n) is 2.82. The summed E-state index contributed by atoms with van der Waals surface area (Å²) in [6.45, 7) is 4.05. The Bertz CT molecular complexity index is 519. The van der Waals surface area contributed by atoms with Crippen LogP contribution in [0.4, 0.5) is 0 Å². The highest BCUT2D eigenvalue weighted by Gasteiger charge is 2.10. The molecule has 114 valence electrons. The molecule has 0 bridgehead atoms. The van der Waals surface area contributed by atoms with Crippen LogP contribution in [-0.4, -0.2) is 21.3 Å². The van der Waals surface area contributed by atoms with Crippen LogP contribution in [0.3, 0.4) is 0 Å². The Morgan fingerprint density at radius 1 is 0.714 bits per heavy atom. The number of halogens is 1. The first kappa shape index (κ1) is 17.4. The van der Waals surface area contributed by atoms with E-state index in [0.717, 1.165) is 10.0 Å². The molecule has 0 amide bonds. The number of rotatable bonds is 3. The summed E-state index contributed by atoms with van der Waals surface area (Å²) in [4.78, 5) is 0. The second kappa shape index (κ2) is 8.57. The summed E-state index contributed by atoms with van der Waals surface area (Å²) < 4.78 is 16.6. The molecule has 2 rings (SSSR count). The molecular weight excluding hydrogens is 332 g/mol. The van der Waals surface area contributed by atoms with E-state index < -0.39 is 0 Å². The quantitative estimate of drug-likeness (QED) is 0.795. The van der Waals surface area contributed by atoms with Crippen LogP contribution in [0.2, 0.25) is 0 Å². The first-order valence-corrected chi connectivity index (χ1v) is 7.30. The largest absolute Gasteiger partial charge is 0.493 e. The van der Waals surface area contributed by atoms with Crippen molar-refractivity contribution in [3.8, 4) is 17.2 Å². The summed E-state index contributed by atoms with van der Waals surface area (Å²) in [5.74, 6) is 2.02. The second-order valence-electron chi connectivity index (χ2n) is 4.50. The van der Waals surface area contributed by atoms with Gasteiger partial charge in [-0.15, -0.1) is 0 Å². The topological polar surface area (TPSA) is 27.7 Å². The average Bonchev–Trinajstić information content (AvgIpc) is 2.49. The van der Waals surface area contributed by atoms with Crippen molar-refractivity contribution in [1.82, 2.24) is 0 Å². The molecular formula is C17H21BrO3. The fourth-order valence-electron chi connectivity index (χ4n) is 1.75. The molecule has 0 fully saturated rings. The van der Waals surface area contributed by atoms with Crippen LogP contribution in [-0.2, 0) is 0 Å². The Morgan fingerprint density at radius 2 is 1.19 bits per heavy atom. The van der Waals surface area contributed by atoms with Gasteiger partial charge in [0.05, 0.1) is 21.3 Å². The van der Waals surface area contributed by atoms with Gasteiger partial charge in [0.15, 0.2) is 11.5 Å². The SMILES string of the molecule is COc1cc(C)cc(OC)c1OC.Cc1ccc(Br)cc1. The van der Waals surface area contributed by atoms with Crippen molar-refractivity contribution in [2.45, 2.75) is 13.8 Å². The number of hydrogen-bond donors (Lipinski definition) is 0. The zero-order valence-electron chi connectivity index (χ0n) is 13.1. The Morgan fingerprint density at radius 3 is 1.52 bits per heavy atom. The number of benzene rings is 2. The van der Waals surface area contributed by atoms with Crippen LogP contribution in [0.1, 0.15) is 11.1 Å². The Hall–Kier alpha value is -1.68. The number of aryl methyl sites for hydroxylation is 2. The zero-order chi connectivity index (χ0) is 15.8. The van der Waals surface area contributed by atoms with Gasteiger partial charge < -0.3 is 14.2 Å². The molecule has 2 aromatic carbocycles. The molecule has 0 aliphatic carbocycles. The van der Waals surface area contributed by atoms with Crippen LogP contribution in [0.15, 0.2) is 40.9 Å². The van der Waals surface area contributed by atoms with Gasteiger partial charge in [0.2, 0.25) is 5.75 Å². The maximum Gasteiger partial charge on any atom is 0.203 e. The van der Waals surface area contributed by atoms with Crippen LogP contribution >= 0.6 is 15.9 Å². The first-order chi connectivity index (χ1) is 10.0. The molecule has 21 heavy (non-hydrogen) atoms. The van der Waals surface area contributed by atoms with Crippen LogP contribution in [0.25, 0.3) is 0 Å². The second-order valence-corrected chi connectivity index (χ2v) is 5.41. The van der Waals surface area contributed by atoms with Crippen molar-refractivity contribution in [1.29, 1.82) is 0 Å². The van der Waals surface area contributed by atoms with Gasteiger partial charge in [-0.1, -0.05) is 33.6 Å². The minimum Gasteiger partial charge on any atom is -0.493 e. The molecule has 0 aromatic heterocycles. The van der Waals surface area contributed by atoms with Gasteiger partial charge in [0.25, 0.3) is 0 Å². The van der Waals surface area contributed by atoms with E-state index in [0.29, 0.717) is 17.2 Å². The monoisotopic (exact) mass is 352 g/mol. The summed E-state index contributed by atoms with van der Waals surface area (Å²) in [7, 11) is 4.81. The number of ether oxygens (including phenoxy) is 3.